The number of nitrogens with one attached hydrogen (secondary N) is 1. The van der Waals surface area contributed by atoms with Gasteiger partial charge in [-0.3, -0.25) is 14.3 Å². The van der Waals surface area contributed by atoms with E-state index in [-0.39, 0.29) is 17.9 Å². The Morgan fingerprint density at radius 1 is 1.31 bits per heavy atom. The maximum absolute atomic E-state index is 13.5. The molecule has 0 saturated carbocycles. The molecule has 2 aliphatic rings. The van der Waals surface area contributed by atoms with Gasteiger partial charge in [-0.05, 0) is 51.2 Å². The number of carbonyl (C=O) groups excluding carboxylic acids is 2. The molecular formula is C23H30N4O2. The van der Waals surface area contributed by atoms with E-state index >= 15 is 0 Å². The van der Waals surface area contributed by atoms with Gasteiger partial charge in [-0.2, -0.15) is 5.10 Å². The van der Waals surface area contributed by atoms with Gasteiger partial charge in [-0.25, -0.2) is 0 Å². The van der Waals surface area contributed by atoms with Crippen LogP contribution in [-0.2, 0) is 28.5 Å². The first-order chi connectivity index (χ1) is 13.8. The highest BCUT2D eigenvalue weighted by Crippen LogP contribution is 2.43. The monoisotopic (exact) mass is 394 g/mol. The van der Waals surface area contributed by atoms with Crippen LogP contribution in [0.25, 0.3) is 0 Å². The summed E-state index contributed by atoms with van der Waals surface area (Å²) in [6, 6.07) is 8.37. The Morgan fingerprint density at radius 2 is 2.10 bits per heavy atom. The highest BCUT2D eigenvalue weighted by atomic mass is 16.2. The van der Waals surface area contributed by atoms with E-state index in [4.69, 9.17) is 0 Å². The average Bonchev–Trinajstić information content (AvgIpc) is 3.31. The summed E-state index contributed by atoms with van der Waals surface area (Å²) in [4.78, 5) is 27.8. The number of fused-ring (bicyclic) bond motifs is 1. The minimum Gasteiger partial charge on any atom is -0.355 e. The molecule has 0 spiro atoms. The molecule has 154 valence electrons. The Bertz CT molecular complexity index is 964. The van der Waals surface area contributed by atoms with Gasteiger partial charge in [0.2, 0.25) is 11.8 Å². The average molecular weight is 395 g/mol. The molecule has 6 nitrogen and oxygen atoms in total. The molecule has 0 bridgehead atoms. The Kier molecular flexibility index (Phi) is 4.97. The zero-order chi connectivity index (χ0) is 20.8. The smallest absolute Gasteiger partial charge is 0.232 e. The normalized spacial score (nSPS) is 23.5. The van der Waals surface area contributed by atoms with Gasteiger partial charge < -0.3 is 10.2 Å². The lowest BCUT2D eigenvalue weighted by molar-refractivity contribution is -0.129. The molecule has 1 N–H and O–H groups in total. The van der Waals surface area contributed by atoms with Crippen LogP contribution in [0.5, 0.6) is 0 Å². The van der Waals surface area contributed by atoms with Crippen molar-refractivity contribution in [2.45, 2.75) is 57.9 Å². The van der Waals surface area contributed by atoms with E-state index < -0.39 is 5.41 Å². The quantitative estimate of drug-likeness (QED) is 0.846. The van der Waals surface area contributed by atoms with Gasteiger partial charge in [0.25, 0.3) is 0 Å². The van der Waals surface area contributed by atoms with Crippen molar-refractivity contribution < 1.29 is 9.59 Å². The van der Waals surface area contributed by atoms with Crippen LogP contribution in [0.1, 0.15) is 47.3 Å². The van der Waals surface area contributed by atoms with Crippen molar-refractivity contribution in [3.05, 3.63) is 52.3 Å². The van der Waals surface area contributed by atoms with Crippen molar-refractivity contribution in [1.82, 2.24) is 20.0 Å². The lowest BCUT2D eigenvalue weighted by atomic mass is 9.76. The Hall–Kier alpha value is -2.63. The molecule has 2 amide bonds. The van der Waals surface area contributed by atoms with E-state index in [1.807, 2.05) is 48.7 Å². The fourth-order valence-corrected chi connectivity index (χ4v) is 5.08. The molecule has 1 aromatic heterocycles. The van der Waals surface area contributed by atoms with Gasteiger partial charge in [0.1, 0.15) is 0 Å². The maximum atomic E-state index is 13.5. The summed E-state index contributed by atoms with van der Waals surface area (Å²) in [6.07, 6.45) is 2.93. The third-order valence-corrected chi connectivity index (χ3v) is 6.80. The molecule has 4 rings (SSSR count). The van der Waals surface area contributed by atoms with E-state index in [2.05, 4.69) is 23.4 Å². The number of amides is 2. The summed E-state index contributed by atoms with van der Waals surface area (Å²) in [5.41, 5.74) is 4.84. The topological polar surface area (TPSA) is 67.2 Å². The molecular weight excluding hydrogens is 364 g/mol. The van der Waals surface area contributed by atoms with Crippen LogP contribution in [0.15, 0.2) is 24.3 Å². The summed E-state index contributed by atoms with van der Waals surface area (Å²) in [7, 11) is 1.94. The molecule has 29 heavy (non-hydrogen) atoms. The van der Waals surface area contributed by atoms with E-state index in [0.29, 0.717) is 25.9 Å². The predicted octanol–water partition coefficient (Wildman–Crippen LogP) is 2.34. The van der Waals surface area contributed by atoms with E-state index in [0.717, 1.165) is 35.4 Å². The minimum atomic E-state index is -0.661. The molecule has 2 atom stereocenters. The molecule has 2 fully saturated rings. The first-order valence-corrected chi connectivity index (χ1v) is 10.5. The summed E-state index contributed by atoms with van der Waals surface area (Å²) >= 11 is 0. The predicted molar refractivity (Wildman–Crippen MR) is 112 cm³/mol. The Labute approximate surface area is 172 Å². The fourth-order valence-electron chi connectivity index (χ4n) is 5.08. The van der Waals surface area contributed by atoms with Crippen LogP contribution in [-0.4, -0.2) is 45.6 Å². The van der Waals surface area contributed by atoms with Crippen molar-refractivity contribution in [2.24, 2.45) is 7.05 Å². The molecule has 0 aliphatic carbocycles. The van der Waals surface area contributed by atoms with Crippen molar-refractivity contribution in [2.75, 3.05) is 13.1 Å². The Morgan fingerprint density at radius 3 is 2.76 bits per heavy atom. The van der Waals surface area contributed by atoms with Crippen LogP contribution >= 0.6 is 0 Å². The SMILES string of the molecule is Cc1cccc([C@]2(C(=O)NCCc3c(C)nn(C)c3C)C[C@@H]3CCC(=O)N3C2)c1. The highest BCUT2D eigenvalue weighted by molar-refractivity contribution is 5.91. The van der Waals surface area contributed by atoms with E-state index in [9.17, 15) is 9.59 Å². The molecule has 1 aromatic carbocycles. The molecule has 3 heterocycles. The summed E-state index contributed by atoms with van der Waals surface area (Å²) < 4.78 is 1.89. The van der Waals surface area contributed by atoms with Crippen molar-refractivity contribution in [1.29, 1.82) is 0 Å². The summed E-state index contributed by atoms with van der Waals surface area (Å²) in [5, 5.41) is 7.65. The first kappa shape index (κ1) is 19.7. The number of aryl methyl sites for hydroxylation is 3. The first-order valence-electron chi connectivity index (χ1n) is 10.5. The number of hydrogen-bond donors (Lipinski definition) is 1. The largest absolute Gasteiger partial charge is 0.355 e. The zero-order valence-electron chi connectivity index (χ0n) is 17.8. The van der Waals surface area contributed by atoms with Gasteiger partial charge in [0, 0.05) is 38.3 Å². The van der Waals surface area contributed by atoms with Crippen molar-refractivity contribution >= 4 is 11.8 Å². The van der Waals surface area contributed by atoms with Crippen molar-refractivity contribution in [3.63, 3.8) is 0 Å². The highest BCUT2D eigenvalue weighted by Gasteiger charge is 2.53. The number of rotatable bonds is 5. The zero-order valence-corrected chi connectivity index (χ0v) is 17.8. The van der Waals surface area contributed by atoms with Crippen LogP contribution in [0.4, 0.5) is 0 Å². The standard InChI is InChI=1S/C23H30N4O2/c1-15-6-5-7-18(12-15)23(13-19-8-9-21(28)27(19)14-23)22(29)24-11-10-20-16(2)25-26(4)17(20)3/h5-7,12,19H,8-11,13-14H2,1-4H3,(H,24,29)/t19-,23-/m0/s1. The maximum Gasteiger partial charge on any atom is 0.232 e. The van der Waals surface area contributed by atoms with Gasteiger partial charge in [-0.1, -0.05) is 29.8 Å². The van der Waals surface area contributed by atoms with Crippen LogP contribution in [0.3, 0.4) is 0 Å². The van der Waals surface area contributed by atoms with Crippen LogP contribution in [0.2, 0.25) is 0 Å². The lowest BCUT2D eigenvalue weighted by Crippen LogP contribution is -2.47. The summed E-state index contributed by atoms with van der Waals surface area (Å²) in [5.74, 6) is 0.212. The second kappa shape index (κ2) is 7.32. The number of nitrogens with zero attached hydrogens (tertiary/aromatic N) is 3. The number of carbonyl (C=O) groups is 2. The Balaban J connectivity index is 1.55. The molecule has 2 aromatic rings. The van der Waals surface area contributed by atoms with Gasteiger partial charge >= 0.3 is 0 Å². The summed E-state index contributed by atoms with van der Waals surface area (Å²) in [6.45, 7) is 7.16. The lowest BCUT2D eigenvalue weighted by Gasteiger charge is -2.29. The van der Waals surface area contributed by atoms with E-state index in [1.54, 1.807) is 0 Å². The minimum absolute atomic E-state index is 0.0319. The second-order valence-corrected chi connectivity index (χ2v) is 8.65. The van der Waals surface area contributed by atoms with Crippen LogP contribution in [0, 0.1) is 20.8 Å². The molecule has 6 heteroatoms. The third kappa shape index (κ3) is 3.34. The van der Waals surface area contributed by atoms with Gasteiger partial charge in [-0.15, -0.1) is 0 Å². The van der Waals surface area contributed by atoms with Crippen LogP contribution < -0.4 is 5.32 Å². The second-order valence-electron chi connectivity index (χ2n) is 8.65. The molecule has 2 saturated heterocycles. The van der Waals surface area contributed by atoms with E-state index in [1.165, 1.54) is 5.56 Å². The third-order valence-electron chi connectivity index (χ3n) is 6.80. The number of hydrogen-bond acceptors (Lipinski definition) is 3. The van der Waals surface area contributed by atoms with Crippen molar-refractivity contribution in [3.8, 4) is 0 Å². The van der Waals surface area contributed by atoms with Gasteiger partial charge in [0.15, 0.2) is 0 Å². The molecule has 2 aliphatic heterocycles. The fraction of sp³-hybridized carbons (Fsp3) is 0.522. The molecule has 0 unspecified atom stereocenters. The number of aromatic nitrogens is 2. The van der Waals surface area contributed by atoms with Gasteiger partial charge in [0.05, 0.1) is 11.1 Å². The molecule has 0 radical (unpaired) electrons. The number of benzene rings is 1.